The van der Waals surface area contributed by atoms with Crippen molar-refractivity contribution in [2.45, 2.75) is 65.2 Å². The van der Waals surface area contributed by atoms with Crippen LogP contribution in [0, 0.1) is 0 Å². The van der Waals surface area contributed by atoms with Gasteiger partial charge in [0.2, 0.25) is 0 Å². The van der Waals surface area contributed by atoms with E-state index in [1.54, 1.807) is 18.2 Å². The highest BCUT2D eigenvalue weighted by Gasteiger charge is 2.14. The molecule has 0 aromatic heterocycles. The molecule has 0 N–H and O–H groups in total. The first kappa shape index (κ1) is 26.1. The van der Waals surface area contributed by atoms with E-state index >= 15 is 0 Å². The lowest BCUT2D eigenvalue weighted by atomic mass is 10.1. The molecule has 0 atom stereocenters. The number of unbranched alkanes of at least 4 members (excludes halogenated alkanes) is 6. The van der Waals surface area contributed by atoms with E-state index in [0.29, 0.717) is 11.1 Å². The standard InChI is InChI=1S/C24H40N2O4/c1-5-7-9-11-16-25(3)19-29-23(27)21-14-13-15-22(18-21)24(28)30-20-26(4)17-12-10-8-6-2/h13-15,18H,5-12,16-17,19-20H2,1-4H3. The third-order valence-corrected chi connectivity index (χ3v) is 4.95. The van der Waals surface area contributed by atoms with E-state index in [1.807, 2.05) is 23.9 Å². The minimum absolute atomic E-state index is 0.239. The average Bonchev–Trinajstić information content (AvgIpc) is 2.76. The second-order valence-corrected chi connectivity index (χ2v) is 7.98. The van der Waals surface area contributed by atoms with Crippen LogP contribution in [-0.4, -0.2) is 62.4 Å². The number of esters is 2. The fraction of sp³-hybridized carbons (Fsp3) is 0.667. The molecule has 0 fully saturated rings. The van der Waals surface area contributed by atoms with Crippen LogP contribution in [0.4, 0.5) is 0 Å². The first-order valence-electron chi connectivity index (χ1n) is 11.3. The number of hydrogen-bond acceptors (Lipinski definition) is 6. The number of nitrogens with zero attached hydrogens (tertiary/aromatic N) is 2. The zero-order chi connectivity index (χ0) is 22.2. The molecule has 170 valence electrons. The molecule has 0 saturated carbocycles. The highest BCUT2D eigenvalue weighted by molar-refractivity contribution is 5.95. The fourth-order valence-electron chi connectivity index (χ4n) is 3.02. The molecule has 1 rings (SSSR count). The van der Waals surface area contributed by atoms with E-state index in [4.69, 9.17) is 9.47 Å². The largest absolute Gasteiger partial charge is 0.446 e. The Balaban J connectivity index is 2.41. The molecule has 0 unspecified atom stereocenters. The van der Waals surface area contributed by atoms with Crippen LogP contribution in [0.1, 0.15) is 85.9 Å². The van der Waals surface area contributed by atoms with Crippen molar-refractivity contribution in [3.8, 4) is 0 Å². The number of carbonyl (C=O) groups is 2. The molecule has 6 heteroatoms. The lowest BCUT2D eigenvalue weighted by Gasteiger charge is -2.17. The number of carbonyl (C=O) groups excluding carboxylic acids is 2. The summed E-state index contributed by atoms with van der Waals surface area (Å²) >= 11 is 0. The molecule has 0 saturated heterocycles. The minimum atomic E-state index is -0.432. The van der Waals surface area contributed by atoms with Crippen molar-refractivity contribution in [3.63, 3.8) is 0 Å². The summed E-state index contributed by atoms with van der Waals surface area (Å²) in [6, 6.07) is 6.52. The third-order valence-electron chi connectivity index (χ3n) is 4.95. The van der Waals surface area contributed by atoms with Crippen molar-refractivity contribution in [2.24, 2.45) is 0 Å². The summed E-state index contributed by atoms with van der Waals surface area (Å²) in [6.07, 6.45) is 9.42. The molecule has 1 aromatic carbocycles. The van der Waals surface area contributed by atoms with Crippen molar-refractivity contribution in [1.82, 2.24) is 9.80 Å². The molecule has 0 radical (unpaired) electrons. The van der Waals surface area contributed by atoms with E-state index in [0.717, 1.165) is 25.9 Å². The third kappa shape index (κ3) is 11.3. The summed E-state index contributed by atoms with van der Waals surface area (Å²) in [5.41, 5.74) is 0.716. The summed E-state index contributed by atoms with van der Waals surface area (Å²) in [6.45, 7) is 6.63. The number of rotatable bonds is 16. The SMILES string of the molecule is CCCCCCN(C)COC(=O)c1cccc(C(=O)OCN(C)CCCCCC)c1. The van der Waals surface area contributed by atoms with Crippen LogP contribution >= 0.6 is 0 Å². The molecule has 0 heterocycles. The zero-order valence-electron chi connectivity index (χ0n) is 19.3. The monoisotopic (exact) mass is 420 g/mol. The van der Waals surface area contributed by atoms with Gasteiger partial charge in [0.1, 0.15) is 13.5 Å². The summed E-state index contributed by atoms with van der Waals surface area (Å²) in [7, 11) is 3.87. The van der Waals surface area contributed by atoms with Crippen molar-refractivity contribution in [1.29, 1.82) is 0 Å². The Morgan fingerprint density at radius 1 is 0.733 bits per heavy atom. The normalized spacial score (nSPS) is 11.1. The van der Waals surface area contributed by atoms with Crippen LogP contribution < -0.4 is 0 Å². The summed E-state index contributed by atoms with van der Waals surface area (Å²) in [4.78, 5) is 28.6. The van der Waals surface area contributed by atoms with Gasteiger partial charge in [-0.2, -0.15) is 0 Å². The van der Waals surface area contributed by atoms with Gasteiger partial charge in [-0.25, -0.2) is 9.59 Å². The second-order valence-electron chi connectivity index (χ2n) is 7.98. The van der Waals surface area contributed by atoms with Gasteiger partial charge in [-0.05, 0) is 45.1 Å². The smallest absolute Gasteiger partial charge is 0.339 e. The van der Waals surface area contributed by atoms with Gasteiger partial charge in [0.25, 0.3) is 0 Å². The zero-order valence-corrected chi connectivity index (χ0v) is 19.3. The minimum Gasteiger partial charge on any atom is -0.446 e. The van der Waals surface area contributed by atoms with E-state index in [-0.39, 0.29) is 13.5 Å². The summed E-state index contributed by atoms with van der Waals surface area (Å²) in [5.74, 6) is -0.865. The van der Waals surface area contributed by atoms with E-state index in [9.17, 15) is 9.59 Å². The Hall–Kier alpha value is -1.92. The molecular formula is C24H40N2O4. The van der Waals surface area contributed by atoms with Gasteiger partial charge in [0, 0.05) is 13.1 Å². The van der Waals surface area contributed by atoms with Crippen LogP contribution in [-0.2, 0) is 9.47 Å². The van der Waals surface area contributed by atoms with Crippen molar-refractivity contribution >= 4 is 11.9 Å². The Labute approximate surface area is 182 Å². The van der Waals surface area contributed by atoms with Crippen LogP contribution in [0.2, 0.25) is 0 Å². The molecule has 0 spiro atoms. The topological polar surface area (TPSA) is 59.1 Å². The molecule has 0 bridgehead atoms. The lowest BCUT2D eigenvalue weighted by Crippen LogP contribution is -2.25. The van der Waals surface area contributed by atoms with Gasteiger partial charge in [-0.3, -0.25) is 9.80 Å². The van der Waals surface area contributed by atoms with Gasteiger partial charge in [0.15, 0.2) is 0 Å². The fourth-order valence-corrected chi connectivity index (χ4v) is 3.02. The van der Waals surface area contributed by atoms with Crippen molar-refractivity contribution < 1.29 is 19.1 Å². The first-order chi connectivity index (χ1) is 14.5. The molecule has 30 heavy (non-hydrogen) atoms. The molecule has 0 amide bonds. The first-order valence-corrected chi connectivity index (χ1v) is 11.3. The highest BCUT2D eigenvalue weighted by Crippen LogP contribution is 2.10. The molecule has 6 nitrogen and oxygen atoms in total. The van der Waals surface area contributed by atoms with Gasteiger partial charge < -0.3 is 9.47 Å². The quantitative estimate of drug-likeness (QED) is 0.214. The molecule has 0 aliphatic rings. The van der Waals surface area contributed by atoms with E-state index < -0.39 is 11.9 Å². The van der Waals surface area contributed by atoms with Crippen LogP contribution in [0.15, 0.2) is 24.3 Å². The van der Waals surface area contributed by atoms with Crippen molar-refractivity contribution in [2.75, 3.05) is 40.6 Å². The maximum atomic E-state index is 12.3. The van der Waals surface area contributed by atoms with Gasteiger partial charge in [-0.1, -0.05) is 58.4 Å². The van der Waals surface area contributed by atoms with Gasteiger partial charge in [-0.15, -0.1) is 0 Å². The lowest BCUT2D eigenvalue weighted by molar-refractivity contribution is 0.0268. The second kappa shape index (κ2) is 15.9. The Morgan fingerprint density at radius 2 is 1.17 bits per heavy atom. The van der Waals surface area contributed by atoms with E-state index in [2.05, 4.69) is 13.8 Å². The Kier molecular flexibility index (Phi) is 13.8. The number of hydrogen-bond donors (Lipinski definition) is 0. The summed E-state index contributed by atoms with van der Waals surface area (Å²) < 4.78 is 10.7. The van der Waals surface area contributed by atoms with Crippen LogP contribution in [0.3, 0.4) is 0 Å². The number of ether oxygens (including phenoxy) is 2. The maximum Gasteiger partial charge on any atom is 0.339 e. The predicted molar refractivity (Wildman–Crippen MR) is 121 cm³/mol. The van der Waals surface area contributed by atoms with Crippen LogP contribution in [0.25, 0.3) is 0 Å². The molecule has 0 aliphatic heterocycles. The molecule has 1 aromatic rings. The molecular weight excluding hydrogens is 380 g/mol. The van der Waals surface area contributed by atoms with Gasteiger partial charge >= 0.3 is 11.9 Å². The predicted octanol–water partition coefficient (Wildman–Crippen LogP) is 4.94. The highest BCUT2D eigenvalue weighted by atomic mass is 16.5. The van der Waals surface area contributed by atoms with Gasteiger partial charge in [0.05, 0.1) is 11.1 Å². The number of benzene rings is 1. The Morgan fingerprint density at radius 3 is 1.57 bits per heavy atom. The van der Waals surface area contributed by atoms with E-state index in [1.165, 1.54) is 44.6 Å². The average molecular weight is 421 g/mol. The van der Waals surface area contributed by atoms with Crippen LogP contribution in [0.5, 0.6) is 0 Å². The summed E-state index contributed by atoms with van der Waals surface area (Å²) in [5, 5.41) is 0. The maximum absolute atomic E-state index is 12.3. The van der Waals surface area contributed by atoms with Crippen molar-refractivity contribution in [3.05, 3.63) is 35.4 Å². The Bertz CT molecular complexity index is 572. The molecule has 0 aliphatic carbocycles.